The number of carbonyl (C=O) groups is 1. The Hall–Kier alpha value is -1.15. The first-order chi connectivity index (χ1) is 8.31. The average molecular weight is 229 g/mol. The molecule has 2 aliphatic rings. The molecule has 2 bridgehead atoms. The number of piperidine rings is 1. The number of hydrogen-bond acceptors (Lipinski definition) is 2. The predicted molar refractivity (Wildman–Crippen MR) is 68.1 cm³/mol. The molecule has 3 atom stereocenters. The third kappa shape index (κ3) is 2.42. The van der Waals surface area contributed by atoms with Gasteiger partial charge in [-0.1, -0.05) is 30.3 Å². The van der Waals surface area contributed by atoms with Gasteiger partial charge in [-0.05, 0) is 31.6 Å². The van der Waals surface area contributed by atoms with Crippen molar-refractivity contribution in [2.45, 2.75) is 44.2 Å². The molecule has 0 saturated carbocycles. The lowest BCUT2D eigenvalue weighted by molar-refractivity contribution is 0.0945. The van der Waals surface area contributed by atoms with Crippen LogP contribution in [0.15, 0.2) is 30.3 Å². The summed E-state index contributed by atoms with van der Waals surface area (Å²) in [4.78, 5) is 12.1. The third-order valence-corrected chi connectivity index (χ3v) is 4.14. The fraction of sp³-hybridized carbons (Fsp3) is 0.533. The highest BCUT2D eigenvalue weighted by molar-refractivity contribution is 5.96. The van der Waals surface area contributed by atoms with Crippen LogP contribution in [-0.2, 0) is 0 Å². The molecule has 0 amide bonds. The molecule has 2 fully saturated rings. The van der Waals surface area contributed by atoms with E-state index in [9.17, 15) is 4.79 Å². The highest BCUT2D eigenvalue weighted by Crippen LogP contribution is 2.33. The Morgan fingerprint density at radius 1 is 1.12 bits per heavy atom. The number of rotatable bonds is 3. The lowest BCUT2D eigenvalue weighted by Gasteiger charge is -2.28. The molecule has 0 unspecified atom stereocenters. The molecule has 2 aliphatic heterocycles. The Morgan fingerprint density at radius 3 is 2.41 bits per heavy atom. The van der Waals surface area contributed by atoms with E-state index in [0.29, 0.717) is 23.8 Å². The van der Waals surface area contributed by atoms with E-state index >= 15 is 0 Å². The Balaban J connectivity index is 1.62. The third-order valence-electron chi connectivity index (χ3n) is 4.14. The van der Waals surface area contributed by atoms with Gasteiger partial charge in [0.1, 0.15) is 0 Å². The van der Waals surface area contributed by atoms with Gasteiger partial charge < -0.3 is 5.32 Å². The van der Waals surface area contributed by atoms with Crippen LogP contribution in [0, 0.1) is 5.92 Å². The van der Waals surface area contributed by atoms with E-state index in [4.69, 9.17) is 0 Å². The summed E-state index contributed by atoms with van der Waals surface area (Å²) in [5.41, 5.74) is 0.873. The Labute approximate surface area is 102 Å². The van der Waals surface area contributed by atoms with Gasteiger partial charge in [-0.3, -0.25) is 4.79 Å². The van der Waals surface area contributed by atoms with Gasteiger partial charge in [-0.15, -0.1) is 0 Å². The number of carbonyl (C=O) groups excluding carboxylic acids is 1. The van der Waals surface area contributed by atoms with Crippen LogP contribution >= 0.6 is 0 Å². The zero-order valence-electron chi connectivity index (χ0n) is 10.1. The maximum absolute atomic E-state index is 12.1. The summed E-state index contributed by atoms with van der Waals surface area (Å²) < 4.78 is 0. The van der Waals surface area contributed by atoms with Crippen molar-refractivity contribution in [1.82, 2.24) is 5.32 Å². The number of Topliss-reactive ketones (excluding diaryl/α,β-unsaturated/α-hetero) is 1. The molecule has 1 aromatic rings. The molecule has 1 N–H and O–H groups in total. The average Bonchev–Trinajstić information content (AvgIpc) is 2.70. The molecule has 2 nitrogen and oxygen atoms in total. The van der Waals surface area contributed by atoms with E-state index in [2.05, 4.69) is 5.32 Å². The quantitative estimate of drug-likeness (QED) is 0.807. The van der Waals surface area contributed by atoms with Gasteiger partial charge in [0.25, 0.3) is 0 Å². The van der Waals surface area contributed by atoms with E-state index in [1.165, 1.54) is 25.7 Å². The van der Waals surface area contributed by atoms with Gasteiger partial charge in [0, 0.05) is 24.1 Å². The monoisotopic (exact) mass is 229 g/mol. The van der Waals surface area contributed by atoms with Crippen molar-refractivity contribution >= 4 is 5.78 Å². The molecule has 2 saturated heterocycles. The van der Waals surface area contributed by atoms with Crippen molar-refractivity contribution in [2.75, 3.05) is 0 Å². The minimum absolute atomic E-state index is 0.317. The number of fused-ring (bicyclic) bond motifs is 2. The van der Waals surface area contributed by atoms with Gasteiger partial charge in [-0.2, -0.15) is 0 Å². The molecule has 1 aromatic carbocycles. The second kappa shape index (κ2) is 4.61. The number of ketones is 1. The molecule has 17 heavy (non-hydrogen) atoms. The summed E-state index contributed by atoms with van der Waals surface area (Å²) in [6.07, 6.45) is 5.73. The Bertz CT molecular complexity index is 389. The predicted octanol–water partition coefficient (Wildman–Crippen LogP) is 2.79. The van der Waals surface area contributed by atoms with Crippen LogP contribution in [0.3, 0.4) is 0 Å². The lowest BCUT2D eigenvalue weighted by atomic mass is 9.87. The first kappa shape index (κ1) is 11.0. The second-order valence-corrected chi connectivity index (χ2v) is 5.47. The minimum atomic E-state index is 0.317. The number of nitrogens with one attached hydrogen (secondary N) is 1. The zero-order valence-corrected chi connectivity index (χ0v) is 10.1. The molecule has 0 aliphatic carbocycles. The van der Waals surface area contributed by atoms with E-state index in [1.807, 2.05) is 30.3 Å². The van der Waals surface area contributed by atoms with Gasteiger partial charge in [0.05, 0.1) is 0 Å². The first-order valence-corrected chi connectivity index (χ1v) is 6.65. The van der Waals surface area contributed by atoms with Crippen LogP contribution in [0.1, 0.15) is 42.5 Å². The summed E-state index contributed by atoms with van der Waals surface area (Å²) in [5, 5.41) is 3.62. The maximum Gasteiger partial charge on any atom is 0.163 e. The van der Waals surface area contributed by atoms with Crippen molar-refractivity contribution in [2.24, 2.45) is 5.92 Å². The van der Waals surface area contributed by atoms with Crippen molar-refractivity contribution < 1.29 is 4.79 Å². The lowest BCUT2D eigenvalue weighted by Crippen LogP contribution is -2.38. The largest absolute Gasteiger partial charge is 0.311 e. The van der Waals surface area contributed by atoms with Crippen molar-refractivity contribution in [3.8, 4) is 0 Å². The Kier molecular flexibility index (Phi) is 2.98. The number of hydrogen-bond donors (Lipinski definition) is 1. The van der Waals surface area contributed by atoms with E-state index in [-0.39, 0.29) is 0 Å². The summed E-state index contributed by atoms with van der Waals surface area (Å²) in [6.45, 7) is 0. The van der Waals surface area contributed by atoms with E-state index < -0.39 is 0 Å². The van der Waals surface area contributed by atoms with Crippen molar-refractivity contribution in [3.05, 3.63) is 35.9 Å². The molecule has 3 rings (SSSR count). The normalized spacial score (nSPS) is 31.4. The minimum Gasteiger partial charge on any atom is -0.311 e. The smallest absolute Gasteiger partial charge is 0.163 e. The van der Waals surface area contributed by atoms with Gasteiger partial charge >= 0.3 is 0 Å². The Morgan fingerprint density at radius 2 is 1.76 bits per heavy atom. The van der Waals surface area contributed by atoms with E-state index in [1.54, 1.807) is 0 Å². The molecule has 90 valence electrons. The number of benzene rings is 1. The van der Waals surface area contributed by atoms with Crippen molar-refractivity contribution in [1.29, 1.82) is 0 Å². The fourth-order valence-electron chi connectivity index (χ4n) is 3.35. The molecule has 0 aromatic heterocycles. The van der Waals surface area contributed by atoms with Crippen LogP contribution in [0.5, 0.6) is 0 Å². The molecular formula is C15H19NO. The van der Waals surface area contributed by atoms with Crippen LogP contribution in [0.2, 0.25) is 0 Å². The highest BCUT2D eigenvalue weighted by atomic mass is 16.1. The van der Waals surface area contributed by atoms with Crippen LogP contribution in [0.25, 0.3) is 0 Å². The van der Waals surface area contributed by atoms with Crippen LogP contribution in [0.4, 0.5) is 0 Å². The van der Waals surface area contributed by atoms with Crippen molar-refractivity contribution in [3.63, 3.8) is 0 Å². The zero-order chi connectivity index (χ0) is 11.7. The highest BCUT2D eigenvalue weighted by Gasteiger charge is 2.34. The van der Waals surface area contributed by atoms with Crippen LogP contribution < -0.4 is 5.32 Å². The summed E-state index contributed by atoms with van der Waals surface area (Å²) in [5.74, 6) is 0.915. The standard InChI is InChI=1S/C15H19NO/c17-15(12-4-2-1-3-5-12)10-11-8-13-6-7-14(9-11)16-13/h1-5,11,13-14,16H,6-10H2/t11-,13-,14+. The summed E-state index contributed by atoms with van der Waals surface area (Å²) >= 11 is 0. The first-order valence-electron chi connectivity index (χ1n) is 6.65. The topological polar surface area (TPSA) is 29.1 Å². The molecule has 0 radical (unpaired) electrons. The fourth-order valence-corrected chi connectivity index (χ4v) is 3.35. The second-order valence-electron chi connectivity index (χ2n) is 5.47. The summed E-state index contributed by atoms with van der Waals surface area (Å²) in [6, 6.07) is 11.1. The van der Waals surface area contributed by atoms with Gasteiger partial charge in [-0.25, -0.2) is 0 Å². The van der Waals surface area contributed by atoms with Gasteiger partial charge in [0.15, 0.2) is 5.78 Å². The molecule has 2 heteroatoms. The van der Waals surface area contributed by atoms with Gasteiger partial charge in [0.2, 0.25) is 0 Å². The molecular weight excluding hydrogens is 210 g/mol. The molecule has 2 heterocycles. The summed E-state index contributed by atoms with van der Waals surface area (Å²) in [7, 11) is 0. The SMILES string of the molecule is O=C(C[C@@H]1C[C@H]2CC[C@@H](C1)N2)c1ccccc1. The maximum atomic E-state index is 12.1. The van der Waals surface area contributed by atoms with E-state index in [0.717, 1.165) is 12.0 Å². The van der Waals surface area contributed by atoms with Crippen LogP contribution in [-0.4, -0.2) is 17.9 Å². The molecule has 0 spiro atoms.